The largest absolute Gasteiger partial charge is 0.381 e. The third-order valence-corrected chi connectivity index (χ3v) is 3.64. The van der Waals surface area contributed by atoms with Gasteiger partial charge >= 0.3 is 0 Å². The van der Waals surface area contributed by atoms with Gasteiger partial charge in [0.15, 0.2) is 5.96 Å². The van der Waals surface area contributed by atoms with E-state index in [0.717, 1.165) is 12.0 Å². The van der Waals surface area contributed by atoms with Gasteiger partial charge in [0.05, 0.1) is 19.8 Å². The lowest BCUT2D eigenvalue weighted by atomic mass is 9.86. The maximum absolute atomic E-state index is 6.10. The Balaban J connectivity index is 0.00000264. The molecule has 6 heteroatoms. The van der Waals surface area contributed by atoms with Crippen LogP contribution in [0.5, 0.6) is 0 Å². The van der Waals surface area contributed by atoms with Gasteiger partial charge in [0, 0.05) is 12.6 Å². The molecule has 2 rings (SSSR count). The van der Waals surface area contributed by atoms with Crippen molar-refractivity contribution >= 4 is 29.9 Å². The first kappa shape index (κ1) is 20.2. The molecule has 3 N–H and O–H groups in total. The van der Waals surface area contributed by atoms with Crippen LogP contribution in [0.2, 0.25) is 0 Å². The predicted octanol–water partition coefficient (Wildman–Crippen LogP) is 2.42. The molecular weight excluding hydrogens is 405 g/mol. The molecule has 0 radical (unpaired) electrons. The molecule has 0 amide bonds. The SMILES string of the molecule is COCC1(CN=C(N)NC(C)(C)C)OCCc2ccccc21.I. The number of nitrogens with zero attached hydrogens (tertiary/aromatic N) is 1. The van der Waals surface area contributed by atoms with Crippen LogP contribution in [0.25, 0.3) is 0 Å². The maximum Gasteiger partial charge on any atom is 0.189 e. The smallest absolute Gasteiger partial charge is 0.189 e. The minimum absolute atomic E-state index is 0. The number of rotatable bonds is 4. The van der Waals surface area contributed by atoms with Crippen LogP contribution in [0.3, 0.4) is 0 Å². The van der Waals surface area contributed by atoms with Gasteiger partial charge in [-0.1, -0.05) is 24.3 Å². The molecule has 1 aliphatic rings. The van der Waals surface area contributed by atoms with Crippen LogP contribution in [0.1, 0.15) is 31.9 Å². The molecule has 0 saturated carbocycles. The lowest BCUT2D eigenvalue weighted by Crippen LogP contribution is -2.47. The minimum atomic E-state index is -0.562. The van der Waals surface area contributed by atoms with Gasteiger partial charge in [-0.3, -0.25) is 0 Å². The molecular formula is C17H28IN3O2. The van der Waals surface area contributed by atoms with Crippen molar-refractivity contribution < 1.29 is 9.47 Å². The number of fused-ring (bicyclic) bond motifs is 1. The fourth-order valence-electron chi connectivity index (χ4n) is 2.78. The number of benzene rings is 1. The van der Waals surface area contributed by atoms with Gasteiger partial charge in [-0.2, -0.15) is 0 Å². The summed E-state index contributed by atoms with van der Waals surface area (Å²) in [4.78, 5) is 4.50. The van der Waals surface area contributed by atoms with E-state index in [0.29, 0.717) is 25.7 Å². The van der Waals surface area contributed by atoms with Gasteiger partial charge in [-0.15, -0.1) is 24.0 Å². The highest BCUT2D eigenvalue weighted by Gasteiger charge is 2.38. The topological polar surface area (TPSA) is 68.9 Å². The van der Waals surface area contributed by atoms with Crippen molar-refractivity contribution in [2.24, 2.45) is 10.7 Å². The number of hydrogen-bond donors (Lipinski definition) is 2. The highest BCUT2D eigenvalue weighted by molar-refractivity contribution is 14.0. The highest BCUT2D eigenvalue weighted by atomic mass is 127. The van der Waals surface area contributed by atoms with Gasteiger partial charge in [-0.05, 0) is 38.3 Å². The molecule has 1 atom stereocenters. The van der Waals surface area contributed by atoms with Crippen LogP contribution in [0.4, 0.5) is 0 Å². The van der Waals surface area contributed by atoms with Crippen molar-refractivity contribution in [3.63, 3.8) is 0 Å². The first-order valence-electron chi connectivity index (χ1n) is 7.66. The Hall–Kier alpha value is -0.860. The molecule has 23 heavy (non-hydrogen) atoms. The van der Waals surface area contributed by atoms with Crippen molar-refractivity contribution in [2.45, 2.75) is 38.3 Å². The van der Waals surface area contributed by atoms with Crippen molar-refractivity contribution in [3.8, 4) is 0 Å². The number of methoxy groups -OCH3 is 1. The van der Waals surface area contributed by atoms with E-state index >= 15 is 0 Å². The second-order valence-electron chi connectivity index (χ2n) is 6.76. The normalized spacial score (nSPS) is 21.3. The summed E-state index contributed by atoms with van der Waals surface area (Å²) >= 11 is 0. The molecule has 5 nitrogen and oxygen atoms in total. The van der Waals surface area contributed by atoms with Crippen molar-refractivity contribution in [3.05, 3.63) is 35.4 Å². The second kappa shape index (κ2) is 8.30. The Morgan fingerprint density at radius 1 is 1.39 bits per heavy atom. The fraction of sp³-hybridized carbons (Fsp3) is 0.588. The molecule has 0 fully saturated rings. The van der Waals surface area contributed by atoms with Crippen molar-refractivity contribution in [2.75, 3.05) is 26.9 Å². The third-order valence-electron chi connectivity index (χ3n) is 3.64. The Bertz CT molecular complexity index is 543. The molecule has 0 saturated heterocycles. The molecule has 1 heterocycles. The van der Waals surface area contributed by atoms with Crippen LogP contribution < -0.4 is 11.1 Å². The highest BCUT2D eigenvalue weighted by Crippen LogP contribution is 2.34. The lowest BCUT2D eigenvalue weighted by molar-refractivity contribution is -0.0960. The van der Waals surface area contributed by atoms with Gasteiger partial charge in [0.2, 0.25) is 0 Å². The first-order chi connectivity index (χ1) is 10.4. The number of guanidine groups is 1. The van der Waals surface area contributed by atoms with E-state index in [2.05, 4.69) is 28.5 Å². The Labute approximate surface area is 156 Å². The first-order valence-corrected chi connectivity index (χ1v) is 7.66. The lowest BCUT2D eigenvalue weighted by Gasteiger charge is -2.37. The molecule has 1 aliphatic heterocycles. The molecule has 0 aliphatic carbocycles. The van der Waals surface area contributed by atoms with E-state index in [1.807, 2.05) is 26.8 Å². The van der Waals surface area contributed by atoms with Gasteiger partial charge < -0.3 is 20.5 Å². The van der Waals surface area contributed by atoms with E-state index < -0.39 is 5.60 Å². The molecule has 1 aromatic carbocycles. The molecule has 0 spiro atoms. The zero-order valence-corrected chi connectivity index (χ0v) is 16.7. The average molecular weight is 433 g/mol. The third kappa shape index (κ3) is 5.32. The second-order valence-corrected chi connectivity index (χ2v) is 6.76. The van der Waals surface area contributed by atoms with Crippen LogP contribution in [-0.4, -0.2) is 38.4 Å². The number of ether oxygens (including phenoxy) is 2. The van der Waals surface area contributed by atoms with Crippen LogP contribution in [-0.2, 0) is 21.5 Å². The number of nitrogens with one attached hydrogen (secondary N) is 1. The predicted molar refractivity (Wildman–Crippen MR) is 104 cm³/mol. The maximum atomic E-state index is 6.10. The van der Waals surface area contributed by atoms with Crippen LogP contribution >= 0.6 is 24.0 Å². The average Bonchev–Trinajstić information content (AvgIpc) is 2.44. The van der Waals surface area contributed by atoms with Gasteiger partial charge in [-0.25, -0.2) is 4.99 Å². The standard InChI is InChI=1S/C17H27N3O2.HI/c1-16(2,3)20-15(18)19-11-17(12-21-4)14-8-6-5-7-13(14)9-10-22-17;/h5-8H,9-12H2,1-4H3,(H3,18,19,20);1H. The number of halogens is 1. The Morgan fingerprint density at radius 3 is 2.74 bits per heavy atom. The summed E-state index contributed by atoms with van der Waals surface area (Å²) in [5, 5.41) is 3.17. The van der Waals surface area contributed by atoms with Crippen LogP contribution in [0.15, 0.2) is 29.3 Å². The monoisotopic (exact) mass is 433 g/mol. The van der Waals surface area contributed by atoms with E-state index in [1.165, 1.54) is 5.56 Å². The van der Waals surface area contributed by atoms with E-state index in [-0.39, 0.29) is 29.5 Å². The summed E-state index contributed by atoms with van der Waals surface area (Å²) in [5.41, 5.74) is 7.76. The number of hydrogen-bond acceptors (Lipinski definition) is 3. The van der Waals surface area contributed by atoms with E-state index in [4.69, 9.17) is 15.2 Å². The summed E-state index contributed by atoms with van der Waals surface area (Å²) in [6.07, 6.45) is 0.918. The van der Waals surface area contributed by atoms with Crippen molar-refractivity contribution in [1.29, 1.82) is 0 Å². The van der Waals surface area contributed by atoms with E-state index in [1.54, 1.807) is 7.11 Å². The van der Waals surface area contributed by atoms with E-state index in [9.17, 15) is 0 Å². The fourth-order valence-corrected chi connectivity index (χ4v) is 2.78. The Kier molecular flexibility index (Phi) is 7.29. The molecule has 0 bridgehead atoms. The van der Waals surface area contributed by atoms with Gasteiger partial charge in [0.25, 0.3) is 0 Å². The minimum Gasteiger partial charge on any atom is -0.381 e. The summed E-state index contributed by atoms with van der Waals surface area (Å²) in [6.45, 7) is 7.71. The quantitative estimate of drug-likeness (QED) is 0.435. The van der Waals surface area contributed by atoms with Crippen molar-refractivity contribution in [1.82, 2.24) is 5.32 Å². The number of nitrogens with two attached hydrogens (primary N) is 1. The summed E-state index contributed by atoms with van der Waals surface area (Å²) in [7, 11) is 1.68. The number of aliphatic imine (C=N–C) groups is 1. The summed E-state index contributed by atoms with van der Waals surface area (Å²) in [5.74, 6) is 0.426. The molecule has 1 unspecified atom stereocenters. The Morgan fingerprint density at radius 2 is 2.09 bits per heavy atom. The van der Waals surface area contributed by atoms with Crippen LogP contribution in [0, 0.1) is 0 Å². The zero-order valence-electron chi connectivity index (χ0n) is 14.4. The summed E-state index contributed by atoms with van der Waals surface area (Å²) in [6, 6.07) is 8.32. The van der Waals surface area contributed by atoms with Gasteiger partial charge in [0.1, 0.15) is 5.60 Å². The molecule has 1 aromatic rings. The molecule has 130 valence electrons. The molecule has 0 aromatic heterocycles. The zero-order chi connectivity index (χ0) is 16.2. The summed E-state index contributed by atoms with van der Waals surface area (Å²) < 4.78 is 11.5.